The van der Waals surface area contributed by atoms with Crippen molar-refractivity contribution in [2.24, 2.45) is 5.73 Å². The summed E-state index contributed by atoms with van der Waals surface area (Å²) in [6.07, 6.45) is 0.546. The number of nitrogens with two attached hydrogens (primary N) is 1. The minimum absolute atomic E-state index is 0.139. The fourth-order valence-electron chi connectivity index (χ4n) is 2.17. The van der Waals surface area contributed by atoms with Gasteiger partial charge in [-0.2, -0.15) is 0 Å². The molecule has 1 aliphatic rings. The summed E-state index contributed by atoms with van der Waals surface area (Å²) in [7, 11) is 0. The average Bonchev–Trinajstić information content (AvgIpc) is 2.86. The molecule has 1 aliphatic heterocycles. The fraction of sp³-hybridized carbons (Fsp3) is 0.357. The number of nitrogens with zero attached hydrogens (tertiary/aromatic N) is 1. The van der Waals surface area contributed by atoms with E-state index in [9.17, 15) is 14.4 Å². The van der Waals surface area contributed by atoms with Crippen molar-refractivity contribution in [3.63, 3.8) is 0 Å². The van der Waals surface area contributed by atoms with Crippen molar-refractivity contribution in [2.75, 3.05) is 24.5 Å². The number of para-hydroxylation sites is 1. The van der Waals surface area contributed by atoms with Gasteiger partial charge in [0.1, 0.15) is 6.04 Å². The predicted octanol–water partition coefficient (Wildman–Crippen LogP) is -1.02. The van der Waals surface area contributed by atoms with Crippen molar-refractivity contribution in [3.05, 3.63) is 30.3 Å². The van der Waals surface area contributed by atoms with Gasteiger partial charge in [-0.1, -0.05) is 18.2 Å². The molecular formula is C14H18N4O3. The maximum absolute atomic E-state index is 12.2. The molecule has 21 heavy (non-hydrogen) atoms. The molecule has 1 fully saturated rings. The highest BCUT2D eigenvalue weighted by Crippen LogP contribution is 2.20. The number of hydrogen-bond acceptors (Lipinski definition) is 4. The number of rotatable bonds is 5. The topological polar surface area (TPSA) is 105 Å². The molecule has 1 aromatic carbocycles. The Hall–Kier alpha value is -2.41. The van der Waals surface area contributed by atoms with Crippen LogP contribution in [0.1, 0.15) is 6.42 Å². The van der Waals surface area contributed by atoms with Crippen LogP contribution in [0.2, 0.25) is 0 Å². The molecule has 1 heterocycles. The van der Waals surface area contributed by atoms with Gasteiger partial charge < -0.3 is 21.3 Å². The van der Waals surface area contributed by atoms with Gasteiger partial charge in [-0.15, -0.1) is 0 Å². The van der Waals surface area contributed by atoms with E-state index in [1.54, 1.807) is 4.90 Å². The molecule has 7 heteroatoms. The molecule has 7 nitrogen and oxygen atoms in total. The predicted molar refractivity (Wildman–Crippen MR) is 77.4 cm³/mol. The number of anilines is 1. The summed E-state index contributed by atoms with van der Waals surface area (Å²) in [5.74, 6) is -0.946. The van der Waals surface area contributed by atoms with Gasteiger partial charge in [0.15, 0.2) is 0 Å². The second kappa shape index (κ2) is 6.85. The Morgan fingerprint density at radius 3 is 2.62 bits per heavy atom. The molecule has 4 N–H and O–H groups in total. The highest BCUT2D eigenvalue weighted by molar-refractivity contribution is 6.01. The lowest BCUT2D eigenvalue weighted by Crippen LogP contribution is -2.46. The highest BCUT2D eigenvalue weighted by Gasteiger charge is 2.33. The summed E-state index contributed by atoms with van der Waals surface area (Å²) < 4.78 is 0. The first kappa shape index (κ1) is 15.0. The van der Waals surface area contributed by atoms with Crippen molar-refractivity contribution < 1.29 is 14.4 Å². The minimum atomic E-state index is -0.549. The van der Waals surface area contributed by atoms with Crippen LogP contribution in [0.4, 0.5) is 5.69 Å². The normalized spacial score (nSPS) is 17.7. The van der Waals surface area contributed by atoms with Gasteiger partial charge in [-0.25, -0.2) is 0 Å². The van der Waals surface area contributed by atoms with E-state index in [0.717, 1.165) is 5.69 Å². The van der Waals surface area contributed by atoms with Crippen molar-refractivity contribution >= 4 is 23.4 Å². The van der Waals surface area contributed by atoms with Crippen LogP contribution < -0.4 is 21.3 Å². The molecule has 0 saturated carbocycles. The Bertz CT molecular complexity index is 532. The SMILES string of the molecule is NCC(=O)NCC(=O)NC1CCN(c2ccccc2)C1=O. The third kappa shape index (κ3) is 3.79. The minimum Gasteiger partial charge on any atom is -0.346 e. The summed E-state index contributed by atoms with van der Waals surface area (Å²) >= 11 is 0. The Morgan fingerprint density at radius 2 is 1.95 bits per heavy atom. The van der Waals surface area contributed by atoms with E-state index in [1.807, 2.05) is 30.3 Å². The summed E-state index contributed by atoms with van der Waals surface area (Å²) in [4.78, 5) is 36.5. The molecule has 3 amide bonds. The van der Waals surface area contributed by atoms with Crippen LogP contribution in [-0.4, -0.2) is 43.4 Å². The lowest BCUT2D eigenvalue weighted by atomic mass is 10.2. The van der Waals surface area contributed by atoms with E-state index < -0.39 is 17.9 Å². The van der Waals surface area contributed by atoms with E-state index in [-0.39, 0.29) is 19.0 Å². The molecule has 1 atom stereocenters. The van der Waals surface area contributed by atoms with Crippen molar-refractivity contribution in [2.45, 2.75) is 12.5 Å². The summed E-state index contributed by atoms with van der Waals surface area (Å²) in [6, 6.07) is 8.75. The molecule has 0 aromatic heterocycles. The summed E-state index contributed by atoms with van der Waals surface area (Å²) in [6.45, 7) is 0.214. The van der Waals surface area contributed by atoms with Crippen molar-refractivity contribution in [1.29, 1.82) is 0 Å². The monoisotopic (exact) mass is 290 g/mol. The summed E-state index contributed by atoms with van der Waals surface area (Å²) in [5.41, 5.74) is 5.94. The third-order valence-corrected chi connectivity index (χ3v) is 3.24. The van der Waals surface area contributed by atoms with Gasteiger partial charge in [0.25, 0.3) is 0 Å². The lowest BCUT2D eigenvalue weighted by Gasteiger charge is -2.17. The molecule has 0 radical (unpaired) electrons. The number of hydrogen-bond donors (Lipinski definition) is 3. The Balaban J connectivity index is 1.87. The Morgan fingerprint density at radius 1 is 1.24 bits per heavy atom. The first-order valence-corrected chi connectivity index (χ1v) is 6.74. The van der Waals surface area contributed by atoms with E-state index in [2.05, 4.69) is 10.6 Å². The van der Waals surface area contributed by atoms with Crippen LogP contribution in [0, 0.1) is 0 Å². The maximum atomic E-state index is 12.2. The lowest BCUT2D eigenvalue weighted by molar-refractivity contribution is -0.127. The van der Waals surface area contributed by atoms with Crippen LogP contribution >= 0.6 is 0 Å². The Labute approximate surface area is 122 Å². The number of benzene rings is 1. The first-order valence-electron chi connectivity index (χ1n) is 6.74. The van der Waals surface area contributed by atoms with Crippen molar-refractivity contribution in [3.8, 4) is 0 Å². The molecule has 0 bridgehead atoms. The third-order valence-electron chi connectivity index (χ3n) is 3.24. The van der Waals surface area contributed by atoms with Crippen LogP contribution in [0.15, 0.2) is 30.3 Å². The van der Waals surface area contributed by atoms with Gasteiger partial charge in [0.05, 0.1) is 13.1 Å². The van der Waals surface area contributed by atoms with E-state index in [4.69, 9.17) is 5.73 Å². The van der Waals surface area contributed by atoms with Crippen LogP contribution in [-0.2, 0) is 14.4 Å². The smallest absolute Gasteiger partial charge is 0.249 e. The number of amides is 3. The molecule has 1 saturated heterocycles. The van der Waals surface area contributed by atoms with Gasteiger partial charge >= 0.3 is 0 Å². The van der Waals surface area contributed by atoms with Crippen LogP contribution in [0.5, 0.6) is 0 Å². The number of nitrogens with one attached hydrogen (secondary N) is 2. The molecular weight excluding hydrogens is 272 g/mol. The van der Waals surface area contributed by atoms with Gasteiger partial charge in [-0.05, 0) is 18.6 Å². The maximum Gasteiger partial charge on any atom is 0.249 e. The molecule has 0 aliphatic carbocycles. The molecule has 0 spiro atoms. The van der Waals surface area contributed by atoms with Gasteiger partial charge in [0, 0.05) is 12.2 Å². The molecule has 112 valence electrons. The standard InChI is InChI=1S/C14H18N4O3/c15-8-12(19)16-9-13(20)17-11-6-7-18(14(11)21)10-4-2-1-3-5-10/h1-5,11H,6-9,15H2,(H,16,19)(H,17,20). The zero-order valence-corrected chi connectivity index (χ0v) is 11.5. The second-order valence-electron chi connectivity index (χ2n) is 4.72. The quantitative estimate of drug-likeness (QED) is 0.646. The summed E-state index contributed by atoms with van der Waals surface area (Å²) in [5, 5.41) is 4.99. The Kier molecular flexibility index (Phi) is 4.89. The molecule has 1 aromatic rings. The van der Waals surface area contributed by atoms with E-state index >= 15 is 0 Å². The van der Waals surface area contributed by atoms with E-state index in [0.29, 0.717) is 13.0 Å². The number of carbonyl (C=O) groups is 3. The fourth-order valence-corrected chi connectivity index (χ4v) is 2.17. The highest BCUT2D eigenvalue weighted by atomic mass is 16.2. The average molecular weight is 290 g/mol. The van der Waals surface area contributed by atoms with Gasteiger partial charge in [0.2, 0.25) is 17.7 Å². The second-order valence-corrected chi connectivity index (χ2v) is 4.72. The van der Waals surface area contributed by atoms with Crippen molar-refractivity contribution in [1.82, 2.24) is 10.6 Å². The molecule has 2 rings (SSSR count). The number of carbonyl (C=O) groups excluding carboxylic acids is 3. The molecule has 1 unspecified atom stereocenters. The zero-order chi connectivity index (χ0) is 15.2. The largest absolute Gasteiger partial charge is 0.346 e. The van der Waals surface area contributed by atoms with Gasteiger partial charge in [-0.3, -0.25) is 14.4 Å². The van der Waals surface area contributed by atoms with Crippen LogP contribution in [0.3, 0.4) is 0 Å². The van der Waals surface area contributed by atoms with E-state index in [1.165, 1.54) is 0 Å². The van der Waals surface area contributed by atoms with Crippen LogP contribution in [0.25, 0.3) is 0 Å². The first-order chi connectivity index (χ1) is 10.1. The zero-order valence-electron chi connectivity index (χ0n) is 11.5.